The predicted octanol–water partition coefficient (Wildman–Crippen LogP) is 3.46. The summed E-state index contributed by atoms with van der Waals surface area (Å²) in [6, 6.07) is 2.32. The molecule has 0 saturated heterocycles. The van der Waals surface area contributed by atoms with Gasteiger partial charge < -0.3 is 4.74 Å². The van der Waals surface area contributed by atoms with E-state index in [2.05, 4.69) is 4.74 Å². The summed E-state index contributed by atoms with van der Waals surface area (Å²) in [6.45, 7) is 0. The molecule has 5 heteroatoms. The van der Waals surface area contributed by atoms with Crippen LogP contribution >= 0.6 is 0 Å². The molecule has 0 atom stereocenters. The molecule has 0 aromatic heterocycles. The van der Waals surface area contributed by atoms with Crippen molar-refractivity contribution in [2.45, 2.75) is 6.18 Å². The third kappa shape index (κ3) is 2.97. The van der Waals surface area contributed by atoms with E-state index in [0.29, 0.717) is 6.07 Å². The molecule has 0 aliphatic carbocycles. The number of halogens is 4. The van der Waals surface area contributed by atoms with Gasteiger partial charge in [0, 0.05) is 5.56 Å². The molecule has 0 N–H and O–H groups in total. The van der Waals surface area contributed by atoms with Crippen LogP contribution in [0, 0.1) is 5.82 Å². The van der Waals surface area contributed by atoms with Crippen molar-refractivity contribution >= 4 is 6.08 Å². The van der Waals surface area contributed by atoms with Crippen LogP contribution in [-0.4, -0.2) is 7.11 Å². The molecule has 0 aliphatic rings. The lowest BCUT2D eigenvalue weighted by atomic mass is 10.1. The highest BCUT2D eigenvalue weighted by Crippen LogP contribution is 2.30. The van der Waals surface area contributed by atoms with E-state index in [-0.39, 0.29) is 5.56 Å². The maximum Gasteiger partial charge on any atom is 0.416 e. The van der Waals surface area contributed by atoms with Gasteiger partial charge in [-0.3, -0.25) is 0 Å². The van der Waals surface area contributed by atoms with Crippen LogP contribution in [-0.2, 0) is 10.9 Å². The Labute approximate surface area is 84.0 Å². The van der Waals surface area contributed by atoms with Gasteiger partial charge >= 0.3 is 6.18 Å². The summed E-state index contributed by atoms with van der Waals surface area (Å²) in [5, 5.41) is 0. The minimum atomic E-state index is -4.52. The van der Waals surface area contributed by atoms with E-state index >= 15 is 0 Å². The predicted molar refractivity (Wildman–Crippen MR) is 47.4 cm³/mol. The van der Waals surface area contributed by atoms with E-state index in [1.807, 2.05) is 0 Å². The minimum absolute atomic E-state index is 0.0462. The van der Waals surface area contributed by atoms with Gasteiger partial charge in [-0.2, -0.15) is 13.2 Å². The largest absolute Gasteiger partial charge is 0.504 e. The van der Waals surface area contributed by atoms with Crippen LogP contribution in [0.2, 0.25) is 0 Å². The Morgan fingerprint density at radius 3 is 2.40 bits per heavy atom. The molecule has 0 aliphatic heterocycles. The molecule has 15 heavy (non-hydrogen) atoms. The van der Waals surface area contributed by atoms with Crippen LogP contribution in [0.5, 0.6) is 0 Å². The van der Waals surface area contributed by atoms with Gasteiger partial charge in [-0.1, -0.05) is 6.07 Å². The smallest absolute Gasteiger partial charge is 0.416 e. The number of hydrogen-bond acceptors (Lipinski definition) is 1. The van der Waals surface area contributed by atoms with Crippen molar-refractivity contribution in [3.8, 4) is 0 Å². The topological polar surface area (TPSA) is 9.23 Å². The maximum atomic E-state index is 13.1. The molecule has 1 rings (SSSR count). The first-order valence-corrected chi connectivity index (χ1v) is 4.01. The first-order chi connectivity index (χ1) is 6.95. The third-order valence-electron chi connectivity index (χ3n) is 1.71. The van der Waals surface area contributed by atoms with Crippen molar-refractivity contribution in [1.29, 1.82) is 0 Å². The van der Waals surface area contributed by atoms with Crippen LogP contribution in [0.15, 0.2) is 24.5 Å². The molecule has 0 unspecified atom stereocenters. The lowest BCUT2D eigenvalue weighted by Crippen LogP contribution is -2.05. The van der Waals surface area contributed by atoms with E-state index < -0.39 is 17.6 Å². The normalized spacial score (nSPS) is 12.1. The quantitative estimate of drug-likeness (QED) is 0.547. The Kier molecular flexibility index (Phi) is 3.34. The number of rotatable bonds is 2. The molecule has 82 valence electrons. The highest BCUT2D eigenvalue weighted by atomic mass is 19.4. The van der Waals surface area contributed by atoms with Gasteiger partial charge in [0.15, 0.2) is 0 Å². The Morgan fingerprint density at radius 1 is 1.27 bits per heavy atom. The zero-order valence-corrected chi connectivity index (χ0v) is 7.81. The van der Waals surface area contributed by atoms with Crippen LogP contribution in [0.3, 0.4) is 0 Å². The zero-order valence-electron chi connectivity index (χ0n) is 7.81. The fraction of sp³-hybridized carbons (Fsp3) is 0.200. The fourth-order valence-corrected chi connectivity index (χ4v) is 0.980. The van der Waals surface area contributed by atoms with Crippen LogP contribution in [0.1, 0.15) is 11.1 Å². The first kappa shape index (κ1) is 11.6. The van der Waals surface area contributed by atoms with Crippen molar-refractivity contribution in [3.05, 3.63) is 41.4 Å². The van der Waals surface area contributed by atoms with Gasteiger partial charge in [0.2, 0.25) is 0 Å². The Bertz CT molecular complexity index is 368. The van der Waals surface area contributed by atoms with Crippen molar-refractivity contribution < 1.29 is 22.3 Å². The number of methoxy groups -OCH3 is 1. The fourth-order valence-electron chi connectivity index (χ4n) is 0.980. The van der Waals surface area contributed by atoms with Gasteiger partial charge in [-0.05, 0) is 18.2 Å². The molecular weight excluding hydrogens is 212 g/mol. The van der Waals surface area contributed by atoms with Crippen LogP contribution in [0.4, 0.5) is 17.6 Å². The summed E-state index contributed by atoms with van der Waals surface area (Å²) in [7, 11) is 1.36. The highest BCUT2D eigenvalue weighted by molar-refractivity contribution is 5.49. The average molecular weight is 220 g/mol. The van der Waals surface area contributed by atoms with Gasteiger partial charge in [-0.15, -0.1) is 0 Å². The maximum absolute atomic E-state index is 13.1. The van der Waals surface area contributed by atoms with Gasteiger partial charge in [0.25, 0.3) is 0 Å². The second kappa shape index (κ2) is 4.33. The number of alkyl halides is 3. The molecule has 1 aromatic carbocycles. The lowest BCUT2D eigenvalue weighted by molar-refractivity contribution is -0.137. The number of hydrogen-bond donors (Lipinski definition) is 0. The number of ether oxygens (including phenoxy) is 1. The Balaban J connectivity index is 3.04. The minimum Gasteiger partial charge on any atom is -0.504 e. The van der Waals surface area contributed by atoms with E-state index in [1.54, 1.807) is 0 Å². The SMILES string of the molecule is COC=Cc1ccc(C(F)(F)F)cc1F. The summed E-state index contributed by atoms with van der Waals surface area (Å²) in [6.07, 6.45) is -2.09. The summed E-state index contributed by atoms with van der Waals surface area (Å²) in [5.74, 6) is -0.932. The molecule has 1 nitrogen and oxygen atoms in total. The first-order valence-electron chi connectivity index (χ1n) is 4.01. The van der Waals surface area contributed by atoms with Crippen LogP contribution < -0.4 is 0 Å². The third-order valence-corrected chi connectivity index (χ3v) is 1.71. The molecule has 0 fully saturated rings. The molecule has 0 spiro atoms. The van der Waals surface area contributed by atoms with Crippen molar-refractivity contribution in [1.82, 2.24) is 0 Å². The summed E-state index contributed by atoms with van der Waals surface area (Å²) < 4.78 is 54.1. The molecule has 0 saturated carbocycles. The monoisotopic (exact) mass is 220 g/mol. The van der Waals surface area contributed by atoms with Crippen LogP contribution in [0.25, 0.3) is 6.08 Å². The van der Waals surface area contributed by atoms with Crippen molar-refractivity contribution in [2.75, 3.05) is 7.11 Å². The standard InChI is InChI=1S/C10H8F4O/c1-15-5-4-7-2-3-8(6-9(7)11)10(12,13)14/h2-6H,1H3. The molecule has 0 heterocycles. The second-order valence-electron chi connectivity index (χ2n) is 2.77. The second-order valence-corrected chi connectivity index (χ2v) is 2.77. The molecule has 0 radical (unpaired) electrons. The summed E-state index contributed by atoms with van der Waals surface area (Å²) in [5.41, 5.74) is -0.959. The Morgan fingerprint density at radius 2 is 1.93 bits per heavy atom. The summed E-state index contributed by atoms with van der Waals surface area (Å²) in [4.78, 5) is 0. The molecular formula is C10H8F4O. The lowest BCUT2D eigenvalue weighted by Gasteiger charge is -2.07. The Hall–Kier alpha value is -1.52. The average Bonchev–Trinajstić information content (AvgIpc) is 2.14. The molecule has 0 bridgehead atoms. The summed E-state index contributed by atoms with van der Waals surface area (Å²) >= 11 is 0. The highest BCUT2D eigenvalue weighted by Gasteiger charge is 2.30. The van der Waals surface area contributed by atoms with E-state index in [9.17, 15) is 17.6 Å². The van der Waals surface area contributed by atoms with E-state index in [0.717, 1.165) is 12.1 Å². The van der Waals surface area contributed by atoms with Crippen molar-refractivity contribution in [2.24, 2.45) is 0 Å². The molecule has 1 aromatic rings. The number of benzene rings is 1. The molecule has 0 amide bonds. The zero-order chi connectivity index (χ0) is 11.5. The van der Waals surface area contributed by atoms with E-state index in [4.69, 9.17) is 0 Å². The van der Waals surface area contributed by atoms with E-state index in [1.165, 1.54) is 19.4 Å². The van der Waals surface area contributed by atoms with Crippen molar-refractivity contribution in [3.63, 3.8) is 0 Å². The van der Waals surface area contributed by atoms with Gasteiger partial charge in [-0.25, -0.2) is 4.39 Å². The van der Waals surface area contributed by atoms with Gasteiger partial charge in [0.05, 0.1) is 18.9 Å². The van der Waals surface area contributed by atoms with Gasteiger partial charge in [0.1, 0.15) is 5.82 Å².